The van der Waals surface area contributed by atoms with Crippen molar-refractivity contribution in [2.75, 3.05) is 46.8 Å². The van der Waals surface area contributed by atoms with E-state index in [0.29, 0.717) is 6.61 Å². The van der Waals surface area contributed by atoms with Gasteiger partial charge < -0.3 is 14.5 Å². The Morgan fingerprint density at radius 1 is 1.12 bits per heavy atom. The fraction of sp³-hybridized carbons (Fsp3) is 0.650. The highest BCUT2D eigenvalue weighted by molar-refractivity contribution is 5.68. The van der Waals surface area contributed by atoms with Gasteiger partial charge in [0.05, 0.1) is 33.2 Å². The number of hydrogen-bond donors (Lipinski definition) is 2. The molecule has 2 aliphatic rings. The molecule has 3 rings (SSSR count). The third-order valence-electron chi connectivity index (χ3n) is 6.11. The molecular formula is C20H33N3O2+2. The largest absolute Gasteiger partial charge is 0.445 e. The van der Waals surface area contributed by atoms with Crippen LogP contribution in [0, 0.1) is 0 Å². The molecule has 1 aromatic rings. The van der Waals surface area contributed by atoms with Crippen molar-refractivity contribution in [1.29, 1.82) is 0 Å². The van der Waals surface area contributed by atoms with Crippen LogP contribution in [0.4, 0.5) is 4.79 Å². The van der Waals surface area contributed by atoms with Crippen LogP contribution in [-0.4, -0.2) is 63.4 Å². The average molecular weight is 348 g/mol. The summed E-state index contributed by atoms with van der Waals surface area (Å²) >= 11 is 0. The van der Waals surface area contributed by atoms with Crippen LogP contribution in [0.2, 0.25) is 0 Å². The van der Waals surface area contributed by atoms with Crippen molar-refractivity contribution in [2.45, 2.75) is 37.8 Å². The summed E-state index contributed by atoms with van der Waals surface area (Å²) in [5, 5.41) is 0. The second kappa shape index (κ2) is 8.19. The zero-order chi connectivity index (χ0) is 17.7. The summed E-state index contributed by atoms with van der Waals surface area (Å²) in [6.45, 7) is 6.17. The van der Waals surface area contributed by atoms with Crippen LogP contribution in [-0.2, 0) is 11.3 Å². The van der Waals surface area contributed by atoms with Gasteiger partial charge >= 0.3 is 6.09 Å². The highest BCUT2D eigenvalue weighted by Crippen LogP contribution is 2.24. The van der Waals surface area contributed by atoms with Crippen molar-refractivity contribution in [3.8, 4) is 0 Å². The van der Waals surface area contributed by atoms with Gasteiger partial charge in [-0.3, -0.25) is 4.90 Å². The Balaban J connectivity index is 1.65. The van der Waals surface area contributed by atoms with Crippen molar-refractivity contribution >= 4 is 6.09 Å². The number of carbonyl (C=O) groups is 1. The molecule has 0 bridgehead atoms. The number of amides is 1. The Hall–Kier alpha value is -1.59. The number of nitrogens with zero attached hydrogens (tertiary/aromatic N) is 1. The smallest absolute Gasteiger partial charge is 0.410 e. The predicted octanol–water partition coefficient (Wildman–Crippen LogP) is -0.0190. The number of quaternary nitrogens is 2. The fourth-order valence-electron chi connectivity index (χ4n) is 4.30. The van der Waals surface area contributed by atoms with E-state index in [1.165, 1.54) is 25.9 Å². The maximum absolute atomic E-state index is 12.8. The maximum Gasteiger partial charge on any atom is 0.410 e. The summed E-state index contributed by atoms with van der Waals surface area (Å²) < 4.78 is 5.63. The molecule has 0 atom stereocenters. The number of carbonyl (C=O) groups excluding carboxylic acids is 1. The molecule has 2 heterocycles. The van der Waals surface area contributed by atoms with Gasteiger partial charge in [-0.2, -0.15) is 0 Å². The van der Waals surface area contributed by atoms with E-state index in [4.69, 9.17) is 4.74 Å². The molecule has 1 amide bonds. The van der Waals surface area contributed by atoms with E-state index in [1.807, 2.05) is 42.3 Å². The highest BCUT2D eigenvalue weighted by Gasteiger charge is 2.45. The topological polar surface area (TPSA) is 38.4 Å². The number of likely N-dealkylation sites (tertiary alicyclic amines) is 2. The van der Waals surface area contributed by atoms with Crippen LogP contribution >= 0.6 is 0 Å². The molecule has 0 aromatic heterocycles. The number of likely N-dealkylation sites (N-methyl/N-ethyl adjacent to an activating group) is 1. The summed E-state index contributed by atoms with van der Waals surface area (Å²) in [5.41, 5.74) is 0.990. The van der Waals surface area contributed by atoms with Gasteiger partial charge in [0, 0.05) is 32.7 Å². The molecule has 25 heavy (non-hydrogen) atoms. The standard InChI is InChI=1S/C20H31N3O2/c1-21-14-10-20(11-15-21,17-23-12-6-7-13-23)22(2)19(24)25-16-18-8-4-3-5-9-18/h3-5,8-9H,6-7,10-17H2,1-2H3/p+2. The lowest BCUT2D eigenvalue weighted by molar-refractivity contribution is -0.905. The third-order valence-corrected chi connectivity index (χ3v) is 6.11. The monoisotopic (exact) mass is 347 g/mol. The first kappa shape index (κ1) is 18.2. The molecule has 1 aromatic carbocycles. The van der Waals surface area contributed by atoms with Gasteiger partial charge in [-0.15, -0.1) is 0 Å². The van der Waals surface area contributed by atoms with E-state index in [9.17, 15) is 4.79 Å². The molecule has 5 nitrogen and oxygen atoms in total. The summed E-state index contributed by atoms with van der Waals surface area (Å²) in [5.74, 6) is 0. The Labute approximate surface area is 151 Å². The zero-order valence-corrected chi connectivity index (χ0v) is 15.7. The molecule has 5 heteroatoms. The van der Waals surface area contributed by atoms with Crippen LogP contribution < -0.4 is 9.80 Å². The second-order valence-corrected chi connectivity index (χ2v) is 7.91. The molecule has 138 valence electrons. The quantitative estimate of drug-likeness (QED) is 0.786. The highest BCUT2D eigenvalue weighted by atomic mass is 16.6. The SMILES string of the molecule is CN(C(=O)OCc1ccccc1)C1(C[NH+]2CCCC2)CC[NH+](C)CC1. The minimum atomic E-state index is -0.179. The van der Waals surface area contributed by atoms with Crippen LogP contribution in [0.1, 0.15) is 31.2 Å². The van der Waals surface area contributed by atoms with Gasteiger partial charge in [0.2, 0.25) is 0 Å². The van der Waals surface area contributed by atoms with E-state index in [0.717, 1.165) is 38.0 Å². The molecule has 2 N–H and O–H groups in total. The lowest BCUT2D eigenvalue weighted by atomic mass is 9.85. The van der Waals surface area contributed by atoms with Crippen molar-refractivity contribution in [3.05, 3.63) is 35.9 Å². The minimum Gasteiger partial charge on any atom is -0.445 e. The molecule has 0 aliphatic carbocycles. The van der Waals surface area contributed by atoms with Gasteiger partial charge in [-0.25, -0.2) is 4.79 Å². The lowest BCUT2D eigenvalue weighted by Crippen LogP contribution is -3.15. The number of nitrogens with one attached hydrogen (secondary N) is 2. The zero-order valence-electron chi connectivity index (χ0n) is 15.7. The Morgan fingerprint density at radius 3 is 2.40 bits per heavy atom. The molecule has 2 aliphatic heterocycles. The Morgan fingerprint density at radius 2 is 1.76 bits per heavy atom. The average Bonchev–Trinajstić information content (AvgIpc) is 3.15. The van der Waals surface area contributed by atoms with Crippen molar-refractivity contribution < 1.29 is 19.3 Å². The molecule has 0 spiro atoms. The van der Waals surface area contributed by atoms with Gasteiger partial charge in [0.15, 0.2) is 0 Å². The maximum atomic E-state index is 12.8. The Kier molecular flexibility index (Phi) is 5.97. The van der Waals surface area contributed by atoms with Gasteiger partial charge in [-0.05, 0) is 5.56 Å². The summed E-state index contributed by atoms with van der Waals surface area (Å²) in [6.07, 6.45) is 4.60. The van der Waals surface area contributed by atoms with Crippen molar-refractivity contribution in [1.82, 2.24) is 4.90 Å². The van der Waals surface area contributed by atoms with Gasteiger partial charge in [0.25, 0.3) is 0 Å². The Bertz CT molecular complexity index is 549. The predicted molar refractivity (Wildman–Crippen MR) is 97.8 cm³/mol. The minimum absolute atomic E-state index is 0.0487. The number of ether oxygens (including phenoxy) is 1. The lowest BCUT2D eigenvalue weighted by Gasteiger charge is -2.44. The molecule has 2 saturated heterocycles. The number of piperidine rings is 1. The molecule has 0 radical (unpaired) electrons. The normalized spacial score (nSPS) is 27.2. The molecule has 0 unspecified atom stereocenters. The third kappa shape index (κ3) is 4.53. The van der Waals surface area contributed by atoms with Gasteiger partial charge in [0.1, 0.15) is 18.7 Å². The summed E-state index contributed by atoms with van der Waals surface area (Å²) in [4.78, 5) is 17.9. The molecular weight excluding hydrogens is 314 g/mol. The van der Waals surface area contributed by atoms with E-state index in [-0.39, 0.29) is 11.6 Å². The van der Waals surface area contributed by atoms with Crippen LogP contribution in [0.15, 0.2) is 30.3 Å². The fourth-order valence-corrected chi connectivity index (χ4v) is 4.30. The van der Waals surface area contributed by atoms with Crippen LogP contribution in [0.3, 0.4) is 0 Å². The molecule has 2 fully saturated rings. The summed E-state index contributed by atoms with van der Waals surface area (Å²) in [7, 11) is 4.20. The van der Waals surface area contributed by atoms with E-state index in [2.05, 4.69) is 7.05 Å². The number of rotatable bonds is 5. The van der Waals surface area contributed by atoms with E-state index >= 15 is 0 Å². The first-order valence-electron chi connectivity index (χ1n) is 9.68. The van der Waals surface area contributed by atoms with Crippen LogP contribution in [0.25, 0.3) is 0 Å². The number of hydrogen-bond acceptors (Lipinski definition) is 2. The van der Waals surface area contributed by atoms with Crippen molar-refractivity contribution in [3.63, 3.8) is 0 Å². The van der Waals surface area contributed by atoms with Crippen LogP contribution in [0.5, 0.6) is 0 Å². The van der Waals surface area contributed by atoms with Crippen molar-refractivity contribution in [2.24, 2.45) is 0 Å². The number of benzene rings is 1. The first-order valence-corrected chi connectivity index (χ1v) is 9.68. The summed E-state index contributed by atoms with van der Waals surface area (Å²) in [6, 6.07) is 9.93. The van der Waals surface area contributed by atoms with E-state index < -0.39 is 0 Å². The first-order chi connectivity index (χ1) is 12.1. The second-order valence-electron chi connectivity index (χ2n) is 7.91. The van der Waals surface area contributed by atoms with Gasteiger partial charge in [-0.1, -0.05) is 30.3 Å². The molecule has 0 saturated carbocycles. The van der Waals surface area contributed by atoms with E-state index in [1.54, 1.807) is 9.80 Å².